The molecule has 8 heterocycles. The van der Waals surface area contributed by atoms with Crippen molar-refractivity contribution in [2.75, 3.05) is 73.6 Å². The van der Waals surface area contributed by atoms with E-state index in [9.17, 15) is 35.9 Å². The van der Waals surface area contributed by atoms with Gasteiger partial charge in [0, 0.05) is 101 Å². The Labute approximate surface area is 473 Å². The number of H-pyrrole nitrogens is 2. The molecule has 23 nitrogen and oxygen atoms in total. The van der Waals surface area contributed by atoms with Crippen molar-refractivity contribution in [1.29, 1.82) is 0 Å². The third-order valence-corrected chi connectivity index (χ3v) is 11.5. The zero-order valence-corrected chi connectivity index (χ0v) is 44.0. The number of benzene rings is 2. The Bertz CT molecular complexity index is 3210. The molecule has 424 valence electrons. The predicted octanol–water partition coefficient (Wildman–Crippen LogP) is 7.55. The predicted molar refractivity (Wildman–Crippen MR) is 288 cm³/mol. The van der Waals surface area contributed by atoms with Crippen LogP contribution in [0.15, 0.2) is 73.8 Å². The molecular formula is C43H48Cl6F6N18O5. The number of carbonyl (C=O) groups is 2. The van der Waals surface area contributed by atoms with Gasteiger partial charge in [-0.3, -0.25) is 9.59 Å². The van der Waals surface area contributed by atoms with Crippen molar-refractivity contribution in [2.45, 2.75) is 33.2 Å². The number of fused-ring (bicyclic) bond motifs is 2. The number of anilines is 4. The van der Waals surface area contributed by atoms with Crippen LogP contribution in [0, 0.1) is 0 Å². The first kappa shape index (κ1) is 65.3. The van der Waals surface area contributed by atoms with Crippen LogP contribution in [0.5, 0.6) is 11.5 Å². The summed E-state index contributed by atoms with van der Waals surface area (Å²) < 4.78 is 85.1. The number of amides is 1. The number of carbonyl (C=O) groups excluding carboxylic acids is 1. The first-order valence-corrected chi connectivity index (χ1v) is 22.3. The molecule has 1 amide bonds. The van der Waals surface area contributed by atoms with E-state index in [1.165, 1.54) is 46.3 Å². The molecule has 2 fully saturated rings. The molecule has 0 radical (unpaired) electrons. The Balaban J connectivity index is 0.000000325. The highest BCUT2D eigenvalue weighted by Crippen LogP contribution is 2.36. The van der Waals surface area contributed by atoms with Crippen molar-refractivity contribution < 1.29 is 50.5 Å². The van der Waals surface area contributed by atoms with Gasteiger partial charge in [0.2, 0.25) is 5.91 Å². The average Bonchev–Trinajstić information content (AvgIpc) is 4.19. The number of hydrogen-bond acceptors (Lipinski definition) is 17. The number of hydrogen-bond donors (Lipinski definition) is 6. The number of ether oxygens (including phenoxy) is 2. The minimum atomic E-state index is -4.85. The maximum atomic E-state index is 13.1. The molecule has 35 heteroatoms. The molecule has 8 N–H and O–H groups in total. The summed E-state index contributed by atoms with van der Waals surface area (Å²) in [6, 6.07) is 8.63. The van der Waals surface area contributed by atoms with E-state index in [1.807, 2.05) is 9.80 Å². The fraction of sp³-hybridized carbons (Fsp3) is 0.302. The lowest BCUT2D eigenvalue weighted by atomic mass is 10.2. The fourth-order valence-corrected chi connectivity index (χ4v) is 7.99. The molecule has 0 saturated carbocycles. The lowest BCUT2D eigenvalue weighted by Gasteiger charge is -2.36. The summed E-state index contributed by atoms with van der Waals surface area (Å²) in [7, 11) is 0. The third-order valence-electron chi connectivity index (χ3n) is 10.9. The second-order valence-corrected chi connectivity index (χ2v) is 16.4. The summed E-state index contributed by atoms with van der Waals surface area (Å²) in [6.07, 6.45) is -0.595. The number of aliphatic carboxylic acids is 1. The summed E-state index contributed by atoms with van der Waals surface area (Å²) in [5.74, 6) is -0.649. The number of imidazole rings is 2. The molecule has 10 rings (SSSR count). The van der Waals surface area contributed by atoms with Gasteiger partial charge in [0.05, 0.1) is 20.8 Å². The molecule has 0 unspecified atom stereocenters. The molecule has 6 aromatic heterocycles. The van der Waals surface area contributed by atoms with Crippen LogP contribution in [0.1, 0.15) is 7.43 Å². The molecule has 2 saturated heterocycles. The first-order valence-electron chi connectivity index (χ1n) is 21.6. The van der Waals surface area contributed by atoms with E-state index in [4.69, 9.17) is 39.8 Å². The summed E-state index contributed by atoms with van der Waals surface area (Å²) in [5.41, 5.74) is 14.7. The van der Waals surface area contributed by atoms with Crippen molar-refractivity contribution in [3.8, 4) is 34.5 Å². The lowest BCUT2D eigenvalue weighted by molar-refractivity contribution is -0.275. The number of aromatic nitrogens is 12. The normalized spacial score (nSPS) is 13.2. The fourth-order valence-electron chi connectivity index (χ4n) is 7.68. The molecule has 78 heavy (non-hydrogen) atoms. The van der Waals surface area contributed by atoms with Crippen molar-refractivity contribution in [1.82, 2.24) is 69.6 Å². The number of carboxylic acid groups (broad SMARTS) is 1. The number of aromatic amines is 2. The number of alkyl halides is 6. The maximum Gasteiger partial charge on any atom is 0.573 e. The number of nitrogens with two attached hydrogens (primary N) is 2. The maximum absolute atomic E-state index is 13.1. The van der Waals surface area contributed by atoms with E-state index in [0.717, 1.165) is 26.2 Å². The van der Waals surface area contributed by atoms with E-state index in [1.54, 1.807) is 41.8 Å². The van der Waals surface area contributed by atoms with E-state index in [0.29, 0.717) is 82.7 Å². The van der Waals surface area contributed by atoms with Gasteiger partial charge in [-0.05, 0) is 24.3 Å². The van der Waals surface area contributed by atoms with Gasteiger partial charge < -0.3 is 56.0 Å². The summed E-state index contributed by atoms with van der Waals surface area (Å²) in [4.78, 5) is 59.7. The highest BCUT2D eigenvalue weighted by atomic mass is 35.5. The number of halogens is 12. The summed E-state index contributed by atoms with van der Waals surface area (Å²) >= 11 is 11.5. The topological polar surface area (TPSA) is 291 Å². The number of rotatable bonds is 10. The second-order valence-electron chi connectivity index (χ2n) is 15.6. The number of nitrogens with one attached hydrogen (secondary N) is 3. The zero-order chi connectivity index (χ0) is 52.0. The van der Waals surface area contributed by atoms with Gasteiger partial charge in [-0.2, -0.15) is 10.2 Å². The van der Waals surface area contributed by atoms with Crippen LogP contribution < -0.4 is 36.1 Å². The van der Waals surface area contributed by atoms with Crippen LogP contribution >= 0.6 is 72.8 Å². The molecule has 0 atom stereocenters. The minimum absolute atomic E-state index is 0. The van der Waals surface area contributed by atoms with Gasteiger partial charge >= 0.3 is 18.7 Å². The number of nitrogens with zero attached hydrogens (tertiary/aromatic N) is 13. The van der Waals surface area contributed by atoms with E-state index < -0.39 is 24.4 Å². The van der Waals surface area contributed by atoms with Crippen molar-refractivity contribution in [3.63, 3.8) is 0 Å². The Morgan fingerprint density at radius 3 is 1.45 bits per heavy atom. The monoisotopic (exact) mass is 1220 g/mol. The van der Waals surface area contributed by atoms with Gasteiger partial charge in [-0.1, -0.05) is 30.6 Å². The Kier molecular flexibility index (Phi) is 23.5. The summed E-state index contributed by atoms with van der Waals surface area (Å²) in [5, 5.41) is 21.5. The van der Waals surface area contributed by atoms with Crippen LogP contribution in [-0.2, 0) is 22.7 Å². The van der Waals surface area contributed by atoms with Crippen molar-refractivity contribution >= 4 is 130 Å². The molecule has 2 aromatic carbocycles. The molecule has 0 spiro atoms. The molecule has 2 aliphatic rings. The number of carboxylic acids is 1. The quantitative estimate of drug-likeness (QED) is 0.0720. The minimum Gasteiger partial charge on any atom is -0.480 e. The molecule has 8 aromatic rings. The lowest BCUT2D eigenvalue weighted by Crippen LogP contribution is -2.49. The second kappa shape index (κ2) is 28.0. The van der Waals surface area contributed by atoms with Crippen LogP contribution in [0.4, 0.5) is 49.4 Å². The summed E-state index contributed by atoms with van der Waals surface area (Å²) in [6.45, 7) is 4.23. The van der Waals surface area contributed by atoms with Crippen molar-refractivity contribution in [3.05, 3.63) is 83.9 Å². The largest absolute Gasteiger partial charge is 0.573 e. The first-order chi connectivity index (χ1) is 34.8. The highest BCUT2D eigenvalue weighted by molar-refractivity contribution is 6.32. The molecule has 2 aliphatic heterocycles. The van der Waals surface area contributed by atoms with Crippen LogP contribution in [0.25, 0.3) is 45.1 Å². The average molecular weight is 1220 g/mol. The van der Waals surface area contributed by atoms with Crippen LogP contribution in [0.2, 0.25) is 10.0 Å². The van der Waals surface area contributed by atoms with E-state index >= 15 is 0 Å². The Morgan fingerprint density at radius 2 is 1.05 bits per heavy atom. The van der Waals surface area contributed by atoms with Gasteiger partial charge in [0.1, 0.15) is 60.3 Å². The third kappa shape index (κ3) is 16.0. The zero-order valence-electron chi connectivity index (χ0n) is 39.2. The Morgan fingerprint density at radius 1 is 0.628 bits per heavy atom. The SMILES string of the molecule is C.Cl.Cl.Cl.Cl.FC(F)(F)Oc1cc(N2CCNCC2)ccc1Cl.Nc1ncnc2c1c(-c1ncc[nH]1)nn2CC(=O)N1CCN(c2ccc(Cl)c(OC(F)(F)F)c2)CC1.Nc1ncnc2c1c(-c1ncc[nH]1)nn2CC(=O)O. The highest BCUT2D eigenvalue weighted by Gasteiger charge is 2.34. The van der Waals surface area contributed by atoms with Crippen molar-refractivity contribution in [2.24, 2.45) is 0 Å². The number of nitrogen functional groups attached to an aromatic ring is 2. The number of piperazine rings is 2. The molecule has 0 bridgehead atoms. The van der Waals surface area contributed by atoms with Gasteiger partial charge in [0.25, 0.3) is 0 Å². The Hall–Kier alpha value is -7.02. The van der Waals surface area contributed by atoms with E-state index in [-0.39, 0.29) is 103 Å². The van der Waals surface area contributed by atoms with Gasteiger partial charge in [-0.15, -0.1) is 76.0 Å². The smallest absolute Gasteiger partial charge is 0.480 e. The van der Waals surface area contributed by atoms with E-state index in [2.05, 4.69) is 64.9 Å². The van der Waals surface area contributed by atoms with Crippen LogP contribution in [-0.4, -0.2) is 146 Å². The van der Waals surface area contributed by atoms with Crippen LogP contribution in [0.3, 0.4) is 0 Å². The molecule has 0 aliphatic carbocycles. The van der Waals surface area contributed by atoms with Gasteiger partial charge in [0.15, 0.2) is 22.9 Å². The van der Waals surface area contributed by atoms with Gasteiger partial charge in [-0.25, -0.2) is 39.3 Å². The standard InChI is InChI=1S/C21H19ClF3N9O2.C11H12ClF3N2O.C10H9N7O2.CH4.4ClH/c22-13-2-1-12(9-14(13)36-21(23,24)25)32-5-7-33(8-6-32)15(35)10-34-20-16(18(26)29-11-30-20)17(31-34)19-27-3-4-28-19;12-9-2-1-8(17-5-3-16-4-6-17)7-10(9)18-11(13,14)15;11-8-6-7(9-12-1-2-13-9)16-17(3-5(18)19)10(6)15-4-14-8;;;;;/h1-4,9,11H,5-8,10H2,(H,27,28)(H2,26,29,30);1-2,7,16H,3-6H2;1-2,4H,3H2,(H,12,13)(H,18,19)(H2,11,14,15);1H4;4*1H. The molecular weight excluding hydrogens is 1180 g/mol.